The molecule has 0 aliphatic carbocycles. The van der Waals surface area contributed by atoms with E-state index in [1.807, 2.05) is 30.3 Å². The number of ether oxygens (including phenoxy) is 1. The van der Waals surface area contributed by atoms with Crippen molar-refractivity contribution in [3.05, 3.63) is 35.9 Å². The van der Waals surface area contributed by atoms with E-state index >= 15 is 0 Å². The van der Waals surface area contributed by atoms with Crippen LogP contribution in [-0.2, 0) is 20.7 Å². The van der Waals surface area contributed by atoms with Crippen LogP contribution in [0.4, 0.5) is 0 Å². The number of hydrogen-bond donors (Lipinski definition) is 1. The Morgan fingerprint density at radius 2 is 2.11 bits per heavy atom. The van der Waals surface area contributed by atoms with Gasteiger partial charge in [-0.15, -0.1) is 0 Å². The van der Waals surface area contributed by atoms with Gasteiger partial charge in [-0.25, -0.2) is 0 Å². The Bertz CT molecular complexity index is 446. The average molecular weight is 263 g/mol. The van der Waals surface area contributed by atoms with Gasteiger partial charge in [-0.05, 0) is 12.0 Å². The molecule has 0 radical (unpaired) electrons. The molecule has 1 fully saturated rings. The summed E-state index contributed by atoms with van der Waals surface area (Å²) in [5.41, 5.74) is 1.16. The van der Waals surface area contributed by atoms with Crippen LogP contribution in [0.25, 0.3) is 0 Å². The summed E-state index contributed by atoms with van der Waals surface area (Å²) in [4.78, 5) is 24.4. The number of carbonyl (C=O) groups is 2. The third-order valence-corrected chi connectivity index (χ3v) is 3.14. The topological polar surface area (TPSA) is 66.8 Å². The minimum atomic E-state index is -1.01. The van der Waals surface area contributed by atoms with Gasteiger partial charge in [-0.1, -0.05) is 30.3 Å². The van der Waals surface area contributed by atoms with Crippen LogP contribution in [0.1, 0.15) is 12.0 Å². The first-order chi connectivity index (χ1) is 9.16. The van der Waals surface area contributed by atoms with Gasteiger partial charge in [0.15, 0.2) is 0 Å². The second-order valence-electron chi connectivity index (χ2n) is 4.52. The van der Waals surface area contributed by atoms with Crippen molar-refractivity contribution in [1.29, 1.82) is 0 Å². The van der Waals surface area contributed by atoms with Crippen LogP contribution in [-0.4, -0.2) is 47.7 Å². The highest BCUT2D eigenvalue weighted by Gasteiger charge is 2.30. The quantitative estimate of drug-likeness (QED) is 0.858. The highest BCUT2D eigenvalue weighted by Crippen LogP contribution is 2.12. The molecule has 5 nitrogen and oxygen atoms in total. The van der Waals surface area contributed by atoms with Crippen molar-refractivity contribution in [3.8, 4) is 0 Å². The maximum atomic E-state index is 12.0. The second-order valence-corrected chi connectivity index (χ2v) is 4.52. The molecule has 5 heteroatoms. The molecule has 1 aromatic rings. The van der Waals surface area contributed by atoms with Crippen molar-refractivity contribution >= 4 is 11.9 Å². The van der Waals surface area contributed by atoms with Gasteiger partial charge in [0.05, 0.1) is 13.0 Å². The summed E-state index contributed by atoms with van der Waals surface area (Å²) >= 11 is 0. The molecule has 102 valence electrons. The summed E-state index contributed by atoms with van der Waals surface area (Å²) in [5.74, 6) is -1.23. The average Bonchev–Trinajstić information content (AvgIpc) is 2.40. The maximum absolute atomic E-state index is 12.0. The minimum Gasteiger partial charge on any atom is -0.481 e. The van der Waals surface area contributed by atoms with E-state index in [1.165, 1.54) is 0 Å². The van der Waals surface area contributed by atoms with Crippen LogP contribution in [0.2, 0.25) is 0 Å². The number of carbonyl (C=O) groups excluding carboxylic acids is 1. The van der Waals surface area contributed by atoms with Crippen molar-refractivity contribution in [2.75, 3.05) is 19.7 Å². The van der Waals surface area contributed by atoms with Crippen LogP contribution in [0.5, 0.6) is 0 Å². The predicted octanol–water partition coefficient (Wildman–Crippen LogP) is 0.931. The number of benzene rings is 1. The Morgan fingerprint density at radius 3 is 2.79 bits per heavy atom. The zero-order valence-electron chi connectivity index (χ0n) is 10.6. The van der Waals surface area contributed by atoms with E-state index < -0.39 is 12.1 Å². The third kappa shape index (κ3) is 3.79. The van der Waals surface area contributed by atoms with Gasteiger partial charge in [0, 0.05) is 13.1 Å². The van der Waals surface area contributed by atoms with Gasteiger partial charge in [0.2, 0.25) is 0 Å². The number of morpholine rings is 1. The number of carboxylic acid groups (broad SMARTS) is 1. The molecule has 1 aliphatic rings. The molecule has 1 heterocycles. The first-order valence-electron chi connectivity index (χ1n) is 6.33. The molecular formula is C14H17NO4. The van der Waals surface area contributed by atoms with Gasteiger partial charge in [0.1, 0.15) is 6.10 Å². The summed E-state index contributed by atoms with van der Waals surface area (Å²) in [6.45, 7) is 1.53. The molecule has 0 spiro atoms. The van der Waals surface area contributed by atoms with Crippen LogP contribution >= 0.6 is 0 Å². The van der Waals surface area contributed by atoms with E-state index in [4.69, 9.17) is 9.84 Å². The van der Waals surface area contributed by atoms with E-state index in [0.717, 1.165) is 12.0 Å². The normalized spacial score (nSPS) is 19.5. The fourth-order valence-electron chi connectivity index (χ4n) is 2.13. The van der Waals surface area contributed by atoms with Crippen molar-refractivity contribution in [2.24, 2.45) is 0 Å². The molecule has 2 rings (SSSR count). The van der Waals surface area contributed by atoms with Crippen molar-refractivity contribution in [1.82, 2.24) is 4.90 Å². The number of rotatable bonds is 5. The minimum absolute atomic E-state index is 0.218. The highest BCUT2D eigenvalue weighted by atomic mass is 16.5. The molecule has 19 heavy (non-hydrogen) atoms. The molecule has 0 bridgehead atoms. The van der Waals surface area contributed by atoms with E-state index in [0.29, 0.717) is 19.7 Å². The maximum Gasteiger partial charge on any atom is 0.306 e. The fourth-order valence-corrected chi connectivity index (χ4v) is 2.13. The number of hydrogen-bond acceptors (Lipinski definition) is 3. The number of carboxylic acids is 1. The Hall–Kier alpha value is -1.88. The summed E-state index contributed by atoms with van der Waals surface area (Å²) in [6, 6.07) is 9.90. The lowest BCUT2D eigenvalue weighted by atomic mass is 10.1. The first-order valence-corrected chi connectivity index (χ1v) is 6.33. The Morgan fingerprint density at radius 1 is 1.37 bits per heavy atom. The zero-order valence-corrected chi connectivity index (χ0v) is 10.6. The summed E-state index contributed by atoms with van der Waals surface area (Å²) in [6.07, 6.45) is -0.324. The number of nitrogens with zero attached hydrogens (tertiary/aromatic N) is 1. The molecule has 1 aromatic carbocycles. The molecule has 1 N–H and O–H groups in total. The lowest BCUT2D eigenvalue weighted by Crippen LogP contribution is -2.49. The van der Waals surface area contributed by atoms with Gasteiger partial charge >= 0.3 is 5.97 Å². The number of amides is 1. The molecule has 1 aliphatic heterocycles. The Balaban J connectivity index is 1.89. The van der Waals surface area contributed by atoms with Crippen molar-refractivity contribution in [2.45, 2.75) is 18.9 Å². The summed E-state index contributed by atoms with van der Waals surface area (Å²) < 4.78 is 5.21. The van der Waals surface area contributed by atoms with Crippen LogP contribution in [0.3, 0.4) is 0 Å². The lowest BCUT2D eigenvalue weighted by molar-refractivity contribution is -0.159. The molecule has 1 saturated heterocycles. The third-order valence-electron chi connectivity index (χ3n) is 3.14. The van der Waals surface area contributed by atoms with Gasteiger partial charge in [-0.3, -0.25) is 9.59 Å². The molecule has 1 unspecified atom stereocenters. The molecular weight excluding hydrogens is 246 g/mol. The van der Waals surface area contributed by atoms with Crippen molar-refractivity contribution < 1.29 is 19.4 Å². The van der Waals surface area contributed by atoms with Crippen molar-refractivity contribution in [3.63, 3.8) is 0 Å². The zero-order chi connectivity index (χ0) is 13.7. The fraction of sp³-hybridized carbons (Fsp3) is 0.429. The monoisotopic (exact) mass is 263 g/mol. The largest absolute Gasteiger partial charge is 0.481 e. The lowest BCUT2D eigenvalue weighted by Gasteiger charge is -2.31. The van der Waals surface area contributed by atoms with Crippen LogP contribution in [0, 0.1) is 0 Å². The Labute approximate surface area is 111 Å². The van der Waals surface area contributed by atoms with E-state index in [1.54, 1.807) is 4.90 Å². The summed E-state index contributed by atoms with van der Waals surface area (Å²) in [7, 11) is 0. The van der Waals surface area contributed by atoms with Crippen LogP contribution < -0.4 is 0 Å². The molecule has 1 atom stereocenters. The van der Waals surface area contributed by atoms with Crippen LogP contribution in [0.15, 0.2) is 30.3 Å². The van der Waals surface area contributed by atoms with E-state index in [2.05, 4.69) is 0 Å². The SMILES string of the molecule is O=C(O)CC1OCCN(CCc2ccccc2)C1=O. The van der Waals surface area contributed by atoms with E-state index in [-0.39, 0.29) is 12.3 Å². The molecule has 0 aromatic heterocycles. The van der Waals surface area contributed by atoms with E-state index in [9.17, 15) is 9.59 Å². The molecule has 1 amide bonds. The van der Waals surface area contributed by atoms with Gasteiger partial charge < -0.3 is 14.7 Å². The smallest absolute Gasteiger partial charge is 0.306 e. The number of aliphatic carboxylic acids is 1. The molecule has 0 saturated carbocycles. The van der Waals surface area contributed by atoms with Gasteiger partial charge in [0.25, 0.3) is 5.91 Å². The van der Waals surface area contributed by atoms with Gasteiger partial charge in [-0.2, -0.15) is 0 Å². The highest BCUT2D eigenvalue weighted by molar-refractivity contribution is 5.85. The summed E-state index contributed by atoms with van der Waals surface area (Å²) in [5, 5.41) is 8.73. The second kappa shape index (κ2) is 6.33. The first kappa shape index (κ1) is 13.5. The standard InChI is InChI=1S/C14H17NO4/c16-13(17)10-12-14(18)15(8-9-19-12)7-6-11-4-2-1-3-5-11/h1-5,12H,6-10H2,(H,16,17). The predicted molar refractivity (Wildman–Crippen MR) is 68.7 cm³/mol. The Kier molecular flexibility index (Phi) is 4.52.